The third-order valence-corrected chi connectivity index (χ3v) is 3.24. The molecule has 0 fully saturated rings. The second kappa shape index (κ2) is 5.28. The summed E-state index contributed by atoms with van der Waals surface area (Å²) in [6.45, 7) is 0. The quantitative estimate of drug-likeness (QED) is 0.779. The predicted octanol–water partition coefficient (Wildman–Crippen LogP) is 1.04. The molecule has 0 radical (unpaired) electrons. The van der Waals surface area contributed by atoms with Crippen molar-refractivity contribution in [2.75, 3.05) is 23.5 Å². The van der Waals surface area contributed by atoms with Gasteiger partial charge in [0.05, 0.1) is 7.11 Å². The zero-order valence-corrected chi connectivity index (χ0v) is 11.5. The van der Waals surface area contributed by atoms with Crippen LogP contribution in [0.25, 0.3) is 0 Å². The highest BCUT2D eigenvalue weighted by Gasteiger charge is 2.29. The van der Waals surface area contributed by atoms with Gasteiger partial charge in [-0.05, 0) is 5.56 Å². The van der Waals surface area contributed by atoms with Gasteiger partial charge < -0.3 is 21.1 Å². The van der Waals surface area contributed by atoms with Gasteiger partial charge in [-0.25, -0.2) is 0 Å². The average molecular weight is 285 g/mol. The first-order valence-electron chi connectivity index (χ1n) is 6.50. The fourth-order valence-electron chi connectivity index (χ4n) is 2.26. The second-order valence-corrected chi connectivity index (χ2v) is 4.69. The van der Waals surface area contributed by atoms with Crippen LogP contribution < -0.4 is 21.1 Å². The van der Waals surface area contributed by atoms with Crippen LogP contribution in [0.2, 0.25) is 0 Å². The van der Waals surface area contributed by atoms with Crippen LogP contribution in [-0.2, 0) is 11.2 Å². The number of hydrogen-bond donors (Lipinski definition) is 3. The minimum atomic E-state index is -0.418. The summed E-state index contributed by atoms with van der Waals surface area (Å²) in [5.41, 5.74) is 7.11. The van der Waals surface area contributed by atoms with Gasteiger partial charge in [0.1, 0.15) is 11.7 Å². The summed E-state index contributed by atoms with van der Waals surface area (Å²) >= 11 is 0. The number of ether oxygens (including phenoxy) is 1. The van der Waals surface area contributed by atoms with Crippen LogP contribution in [-0.4, -0.2) is 29.0 Å². The lowest BCUT2D eigenvalue weighted by atomic mass is 10.0. The Hall–Kier alpha value is -2.83. The summed E-state index contributed by atoms with van der Waals surface area (Å²) in [7, 11) is 1.46. The highest BCUT2D eigenvalue weighted by atomic mass is 16.5. The van der Waals surface area contributed by atoms with Gasteiger partial charge in [0.25, 0.3) is 0 Å². The third kappa shape index (κ3) is 2.58. The zero-order valence-electron chi connectivity index (χ0n) is 11.5. The molecule has 0 saturated heterocycles. The van der Waals surface area contributed by atoms with E-state index < -0.39 is 6.04 Å². The van der Waals surface area contributed by atoms with Crippen LogP contribution in [0.4, 0.5) is 17.5 Å². The van der Waals surface area contributed by atoms with E-state index in [4.69, 9.17) is 10.5 Å². The van der Waals surface area contributed by atoms with E-state index in [1.54, 1.807) is 0 Å². The van der Waals surface area contributed by atoms with Crippen molar-refractivity contribution >= 4 is 23.4 Å². The maximum Gasteiger partial charge on any atom is 0.247 e. The third-order valence-electron chi connectivity index (χ3n) is 3.24. The molecular weight excluding hydrogens is 270 g/mol. The lowest BCUT2D eigenvalue weighted by molar-refractivity contribution is -0.117. The Kier molecular flexibility index (Phi) is 3.31. The number of aromatic nitrogens is 2. The Balaban J connectivity index is 1.88. The molecule has 1 amide bonds. The van der Waals surface area contributed by atoms with Gasteiger partial charge in [0.2, 0.25) is 17.7 Å². The van der Waals surface area contributed by atoms with Crippen molar-refractivity contribution in [2.45, 2.75) is 12.5 Å². The molecule has 1 atom stereocenters. The van der Waals surface area contributed by atoms with Gasteiger partial charge >= 0.3 is 0 Å². The number of carbonyl (C=O) groups is 1. The number of nitrogens with zero attached hydrogens (tertiary/aromatic N) is 2. The summed E-state index contributed by atoms with van der Waals surface area (Å²) in [6.07, 6.45) is 0.554. The number of hydrogen-bond acceptors (Lipinski definition) is 6. The Morgan fingerprint density at radius 2 is 2.05 bits per heavy atom. The molecule has 1 aliphatic rings. The fraction of sp³-hybridized carbons (Fsp3) is 0.214. The van der Waals surface area contributed by atoms with Gasteiger partial charge in [0, 0.05) is 6.42 Å². The lowest BCUT2D eigenvalue weighted by Gasteiger charge is -2.26. The van der Waals surface area contributed by atoms with E-state index in [2.05, 4.69) is 20.6 Å². The highest BCUT2D eigenvalue weighted by molar-refractivity contribution is 6.03. The highest BCUT2D eigenvalue weighted by Crippen LogP contribution is 2.33. The number of amides is 1. The molecule has 1 aromatic heterocycles. The van der Waals surface area contributed by atoms with E-state index in [1.165, 1.54) is 7.11 Å². The van der Waals surface area contributed by atoms with E-state index in [0.29, 0.717) is 17.9 Å². The lowest BCUT2D eigenvalue weighted by Crippen LogP contribution is -2.41. The topological polar surface area (TPSA) is 102 Å². The van der Waals surface area contributed by atoms with Crippen LogP contribution in [0, 0.1) is 0 Å². The summed E-state index contributed by atoms with van der Waals surface area (Å²) in [6, 6.07) is 9.34. The SMILES string of the molecule is COc1nc(N)nc2c1NC(=O)[C@@H](Cc1ccccc1)N2. The van der Waals surface area contributed by atoms with E-state index in [-0.39, 0.29) is 17.7 Å². The summed E-state index contributed by atoms with van der Waals surface area (Å²) in [4.78, 5) is 20.2. The zero-order chi connectivity index (χ0) is 14.8. The van der Waals surface area contributed by atoms with Gasteiger partial charge in [-0.1, -0.05) is 30.3 Å². The normalized spacial score (nSPS) is 16.6. The van der Waals surface area contributed by atoms with Crippen molar-refractivity contribution in [3.63, 3.8) is 0 Å². The van der Waals surface area contributed by atoms with Crippen molar-refractivity contribution in [3.8, 4) is 5.88 Å². The van der Waals surface area contributed by atoms with Gasteiger partial charge in [-0.15, -0.1) is 0 Å². The Bertz CT molecular complexity index is 675. The number of nitrogens with one attached hydrogen (secondary N) is 2. The molecule has 0 aliphatic carbocycles. The first-order chi connectivity index (χ1) is 10.2. The summed E-state index contributed by atoms with van der Waals surface area (Å²) < 4.78 is 5.11. The number of carbonyl (C=O) groups excluding carboxylic acids is 1. The van der Waals surface area contributed by atoms with Gasteiger partial charge in [-0.3, -0.25) is 4.79 Å². The summed E-state index contributed by atoms with van der Waals surface area (Å²) in [5, 5.41) is 5.86. The molecule has 3 rings (SSSR count). The minimum Gasteiger partial charge on any atom is -0.479 e. The maximum absolute atomic E-state index is 12.2. The Labute approximate surface area is 121 Å². The molecular formula is C14H15N5O2. The number of fused-ring (bicyclic) bond motifs is 1. The second-order valence-electron chi connectivity index (χ2n) is 4.69. The Morgan fingerprint density at radius 3 is 2.76 bits per heavy atom. The van der Waals surface area contributed by atoms with Crippen LogP contribution >= 0.6 is 0 Å². The van der Waals surface area contributed by atoms with Crippen LogP contribution in [0.15, 0.2) is 30.3 Å². The van der Waals surface area contributed by atoms with Crippen LogP contribution in [0.1, 0.15) is 5.56 Å². The van der Waals surface area contributed by atoms with E-state index in [1.807, 2.05) is 30.3 Å². The molecule has 1 aliphatic heterocycles. The molecule has 0 spiro atoms. The number of nitrogen functional groups attached to an aromatic ring is 1. The number of anilines is 3. The minimum absolute atomic E-state index is 0.0905. The molecule has 4 N–H and O–H groups in total. The van der Waals surface area contributed by atoms with Crippen LogP contribution in [0.5, 0.6) is 5.88 Å². The van der Waals surface area contributed by atoms with E-state index in [0.717, 1.165) is 5.56 Å². The number of benzene rings is 1. The average Bonchev–Trinajstić information content (AvgIpc) is 2.49. The monoisotopic (exact) mass is 285 g/mol. The Morgan fingerprint density at radius 1 is 1.29 bits per heavy atom. The molecule has 0 bridgehead atoms. The largest absolute Gasteiger partial charge is 0.479 e. The molecule has 2 aromatic rings. The maximum atomic E-state index is 12.2. The smallest absolute Gasteiger partial charge is 0.247 e. The summed E-state index contributed by atoms with van der Waals surface area (Å²) in [5.74, 6) is 0.655. The number of methoxy groups -OCH3 is 1. The fourth-order valence-corrected chi connectivity index (χ4v) is 2.26. The first kappa shape index (κ1) is 13.2. The molecule has 2 heterocycles. The molecule has 0 unspecified atom stereocenters. The molecule has 0 saturated carbocycles. The first-order valence-corrected chi connectivity index (χ1v) is 6.50. The molecule has 21 heavy (non-hydrogen) atoms. The molecule has 7 heteroatoms. The van der Waals surface area contributed by atoms with Crippen molar-refractivity contribution < 1.29 is 9.53 Å². The molecule has 7 nitrogen and oxygen atoms in total. The van der Waals surface area contributed by atoms with E-state index in [9.17, 15) is 4.79 Å². The van der Waals surface area contributed by atoms with Crippen molar-refractivity contribution in [2.24, 2.45) is 0 Å². The van der Waals surface area contributed by atoms with Gasteiger partial charge in [-0.2, -0.15) is 9.97 Å². The van der Waals surface area contributed by atoms with Crippen molar-refractivity contribution in [1.29, 1.82) is 0 Å². The standard InChI is InChI=1S/C14H15N5O2/c1-21-13-10-11(18-14(15)19-13)16-9(12(20)17-10)7-8-5-3-2-4-6-8/h2-6,9H,7H2,1H3,(H,17,20)(H3,15,16,18,19)/t9-/m1/s1. The van der Waals surface area contributed by atoms with E-state index >= 15 is 0 Å². The number of nitrogens with two attached hydrogens (primary N) is 1. The molecule has 108 valence electrons. The number of rotatable bonds is 3. The molecule has 1 aromatic carbocycles. The van der Waals surface area contributed by atoms with Gasteiger partial charge in [0.15, 0.2) is 5.82 Å². The predicted molar refractivity (Wildman–Crippen MR) is 79.2 cm³/mol. The van der Waals surface area contributed by atoms with Crippen molar-refractivity contribution in [3.05, 3.63) is 35.9 Å². The van der Waals surface area contributed by atoms with Crippen LogP contribution in [0.3, 0.4) is 0 Å². The van der Waals surface area contributed by atoms with Crippen molar-refractivity contribution in [1.82, 2.24) is 9.97 Å².